The fraction of sp³-hybridized carbons (Fsp3) is 0.316. The van der Waals surface area contributed by atoms with Crippen LogP contribution in [0, 0.1) is 0 Å². The third kappa shape index (κ3) is 4.35. The number of hydrogen-bond acceptors (Lipinski definition) is 3. The van der Waals surface area contributed by atoms with Crippen molar-refractivity contribution in [3.8, 4) is 5.75 Å². The molecule has 2 rings (SSSR count). The highest BCUT2D eigenvalue weighted by Gasteiger charge is 2.15. The summed E-state index contributed by atoms with van der Waals surface area (Å²) in [5, 5.41) is 10.0. The summed E-state index contributed by atoms with van der Waals surface area (Å²) in [5.41, 5.74) is 2.10. The molecule has 0 atom stereocenters. The van der Waals surface area contributed by atoms with E-state index in [1.807, 2.05) is 30.3 Å². The summed E-state index contributed by atoms with van der Waals surface area (Å²) in [6.07, 6.45) is 3.82. The maximum atomic E-state index is 12.3. The number of rotatable bonds is 7. The molecule has 0 aromatic heterocycles. The van der Waals surface area contributed by atoms with Crippen LogP contribution in [0.3, 0.4) is 0 Å². The molecule has 0 aliphatic carbocycles. The maximum Gasteiger partial charge on any atom is 0.338 e. The number of aromatic hydroxyl groups is 1. The highest BCUT2D eigenvalue weighted by molar-refractivity contribution is 5.91. The molecule has 2 aromatic rings. The summed E-state index contributed by atoms with van der Waals surface area (Å²) in [5.74, 6) is -0.212. The first-order valence-electron chi connectivity index (χ1n) is 7.74. The van der Waals surface area contributed by atoms with E-state index in [9.17, 15) is 9.90 Å². The van der Waals surface area contributed by atoms with Crippen molar-refractivity contribution in [2.75, 3.05) is 0 Å². The summed E-state index contributed by atoms with van der Waals surface area (Å²) in [4.78, 5) is 12.3. The van der Waals surface area contributed by atoms with Crippen molar-refractivity contribution < 1.29 is 14.6 Å². The van der Waals surface area contributed by atoms with E-state index in [1.165, 1.54) is 0 Å². The normalized spacial score (nSPS) is 10.4. The van der Waals surface area contributed by atoms with Gasteiger partial charge >= 0.3 is 5.97 Å². The van der Waals surface area contributed by atoms with E-state index in [1.54, 1.807) is 18.2 Å². The number of benzene rings is 2. The molecule has 0 fully saturated rings. The molecule has 0 saturated carbocycles. The fourth-order valence-corrected chi connectivity index (χ4v) is 2.38. The Bertz CT molecular complexity index is 605. The Morgan fingerprint density at radius 3 is 2.55 bits per heavy atom. The molecule has 0 radical (unpaired) electrons. The zero-order chi connectivity index (χ0) is 15.8. The molecule has 22 heavy (non-hydrogen) atoms. The molecule has 0 aliphatic rings. The van der Waals surface area contributed by atoms with Crippen LogP contribution >= 0.6 is 0 Å². The van der Waals surface area contributed by atoms with Crippen molar-refractivity contribution >= 4 is 5.97 Å². The zero-order valence-electron chi connectivity index (χ0n) is 12.9. The fourth-order valence-electron chi connectivity index (χ4n) is 2.38. The van der Waals surface area contributed by atoms with Crippen LogP contribution in [0.25, 0.3) is 0 Å². The lowest BCUT2D eigenvalue weighted by atomic mass is 10.0. The maximum absolute atomic E-state index is 12.3. The van der Waals surface area contributed by atoms with E-state index in [2.05, 4.69) is 6.92 Å². The van der Waals surface area contributed by atoms with E-state index in [4.69, 9.17) is 4.74 Å². The molecule has 2 aromatic carbocycles. The minimum Gasteiger partial charge on any atom is -0.508 e. The van der Waals surface area contributed by atoms with Crippen LogP contribution in [-0.4, -0.2) is 11.1 Å². The highest BCUT2D eigenvalue weighted by Crippen LogP contribution is 2.24. The molecule has 0 bridgehead atoms. The van der Waals surface area contributed by atoms with Gasteiger partial charge in [0.25, 0.3) is 0 Å². The van der Waals surface area contributed by atoms with Crippen LogP contribution < -0.4 is 0 Å². The van der Waals surface area contributed by atoms with Crippen molar-refractivity contribution in [3.63, 3.8) is 0 Å². The third-order valence-electron chi connectivity index (χ3n) is 3.61. The van der Waals surface area contributed by atoms with Gasteiger partial charge < -0.3 is 9.84 Å². The number of phenolic OH excluding ortho intramolecular Hbond substituents is 1. The Balaban J connectivity index is 2.06. The van der Waals surface area contributed by atoms with Crippen LogP contribution in [0.2, 0.25) is 0 Å². The molecule has 0 heterocycles. The molecule has 0 aliphatic heterocycles. The predicted molar refractivity (Wildman–Crippen MR) is 86.9 cm³/mol. The van der Waals surface area contributed by atoms with Gasteiger partial charge in [0.2, 0.25) is 0 Å². The number of hydrogen-bond donors (Lipinski definition) is 1. The largest absolute Gasteiger partial charge is 0.508 e. The Hall–Kier alpha value is -2.29. The smallest absolute Gasteiger partial charge is 0.338 e. The number of carbonyl (C=O) groups excluding carboxylic acids is 1. The average molecular weight is 298 g/mol. The lowest BCUT2D eigenvalue weighted by Crippen LogP contribution is -2.09. The number of unbranched alkanes of at least 4 members (excludes halogenated alkanes) is 2. The van der Waals surface area contributed by atoms with E-state index in [-0.39, 0.29) is 18.3 Å². The summed E-state index contributed by atoms with van der Waals surface area (Å²) in [7, 11) is 0. The van der Waals surface area contributed by atoms with Crippen molar-refractivity contribution in [1.82, 2.24) is 0 Å². The number of esters is 1. The second kappa shape index (κ2) is 8.23. The van der Waals surface area contributed by atoms with Gasteiger partial charge in [-0.3, -0.25) is 0 Å². The first kappa shape index (κ1) is 16.1. The topological polar surface area (TPSA) is 46.5 Å². The van der Waals surface area contributed by atoms with Gasteiger partial charge in [-0.25, -0.2) is 4.79 Å². The lowest BCUT2D eigenvalue weighted by Gasteiger charge is -2.11. The second-order valence-corrected chi connectivity index (χ2v) is 5.32. The third-order valence-corrected chi connectivity index (χ3v) is 3.61. The van der Waals surface area contributed by atoms with Gasteiger partial charge in [0.05, 0.1) is 5.56 Å². The Morgan fingerprint density at radius 2 is 1.82 bits per heavy atom. The number of carbonyl (C=O) groups is 1. The van der Waals surface area contributed by atoms with Gasteiger partial charge in [0, 0.05) is 5.56 Å². The minimum atomic E-state index is -0.383. The molecule has 1 N–H and O–H groups in total. The van der Waals surface area contributed by atoms with Gasteiger partial charge in [0.1, 0.15) is 12.4 Å². The zero-order valence-corrected chi connectivity index (χ0v) is 12.9. The molecule has 0 unspecified atom stereocenters. The van der Waals surface area contributed by atoms with Crippen LogP contribution in [0.5, 0.6) is 5.75 Å². The lowest BCUT2D eigenvalue weighted by molar-refractivity contribution is 0.0471. The highest BCUT2D eigenvalue weighted by atomic mass is 16.5. The van der Waals surface area contributed by atoms with Gasteiger partial charge in [0.15, 0.2) is 0 Å². The van der Waals surface area contributed by atoms with Crippen LogP contribution in [0.4, 0.5) is 0 Å². The second-order valence-electron chi connectivity index (χ2n) is 5.32. The molecular weight excluding hydrogens is 276 g/mol. The van der Waals surface area contributed by atoms with E-state index in [0.29, 0.717) is 17.5 Å². The molecule has 116 valence electrons. The molecular formula is C19H22O3. The SMILES string of the molecule is CCCCCc1c(O)cccc1C(=O)OCc1ccccc1. The molecule has 3 nitrogen and oxygen atoms in total. The van der Waals surface area contributed by atoms with Crippen molar-refractivity contribution in [2.24, 2.45) is 0 Å². The van der Waals surface area contributed by atoms with Crippen molar-refractivity contribution in [1.29, 1.82) is 0 Å². The van der Waals surface area contributed by atoms with E-state index >= 15 is 0 Å². The summed E-state index contributed by atoms with van der Waals surface area (Å²) < 4.78 is 5.37. The molecule has 3 heteroatoms. The van der Waals surface area contributed by atoms with Crippen LogP contribution in [-0.2, 0) is 17.8 Å². The molecule has 0 saturated heterocycles. The molecule has 0 spiro atoms. The Kier molecular flexibility index (Phi) is 6.01. The Labute approximate surface area is 131 Å². The van der Waals surface area contributed by atoms with Crippen LogP contribution in [0.15, 0.2) is 48.5 Å². The quantitative estimate of drug-likeness (QED) is 0.605. The minimum absolute atomic E-state index is 0.172. The molecule has 0 amide bonds. The Morgan fingerprint density at radius 1 is 1.05 bits per heavy atom. The van der Waals surface area contributed by atoms with E-state index < -0.39 is 0 Å². The van der Waals surface area contributed by atoms with Crippen molar-refractivity contribution in [2.45, 2.75) is 39.2 Å². The van der Waals surface area contributed by atoms with Gasteiger partial charge in [-0.15, -0.1) is 0 Å². The predicted octanol–water partition coefficient (Wildman–Crippen LogP) is 4.48. The number of ether oxygens (including phenoxy) is 1. The average Bonchev–Trinajstić information content (AvgIpc) is 2.55. The number of phenols is 1. The van der Waals surface area contributed by atoms with E-state index in [0.717, 1.165) is 24.8 Å². The first-order valence-corrected chi connectivity index (χ1v) is 7.74. The summed E-state index contributed by atoms with van der Waals surface area (Å²) in [6.45, 7) is 2.36. The standard InChI is InChI=1S/C19H22O3/c1-2-3-5-11-16-17(12-8-13-18(16)20)19(21)22-14-15-9-6-4-7-10-15/h4,6-10,12-13,20H,2-3,5,11,14H2,1H3. The van der Waals surface area contributed by atoms with Crippen molar-refractivity contribution in [3.05, 3.63) is 65.2 Å². The summed E-state index contributed by atoms with van der Waals surface area (Å²) >= 11 is 0. The first-order chi connectivity index (χ1) is 10.7. The van der Waals surface area contributed by atoms with Crippen LogP contribution in [0.1, 0.15) is 47.7 Å². The van der Waals surface area contributed by atoms with Gasteiger partial charge in [-0.05, 0) is 30.5 Å². The monoisotopic (exact) mass is 298 g/mol. The summed E-state index contributed by atoms with van der Waals surface area (Å²) in [6, 6.07) is 14.6. The van der Waals surface area contributed by atoms with Gasteiger partial charge in [-0.2, -0.15) is 0 Å². The van der Waals surface area contributed by atoms with Gasteiger partial charge in [-0.1, -0.05) is 56.2 Å².